The fraction of sp³-hybridized carbons (Fsp3) is 0.125. The van der Waals surface area contributed by atoms with Crippen LogP contribution in [-0.4, -0.2) is 31.2 Å². The van der Waals surface area contributed by atoms with Gasteiger partial charge in [-0.3, -0.25) is 9.59 Å². The van der Waals surface area contributed by atoms with Gasteiger partial charge in [0.25, 0.3) is 11.8 Å². The molecule has 158 valence electrons. The van der Waals surface area contributed by atoms with Crippen LogP contribution >= 0.6 is 0 Å². The minimum atomic E-state index is -0.361. The van der Waals surface area contributed by atoms with Crippen LogP contribution in [0.25, 0.3) is 0 Å². The Morgan fingerprint density at radius 2 is 1.42 bits per heavy atom. The molecule has 2 N–H and O–H groups in total. The zero-order chi connectivity index (χ0) is 21.9. The van der Waals surface area contributed by atoms with Crippen molar-refractivity contribution in [2.45, 2.75) is 6.92 Å². The number of rotatable bonds is 9. The van der Waals surface area contributed by atoms with Crippen molar-refractivity contribution in [3.8, 4) is 11.5 Å². The molecule has 7 heteroatoms. The molecule has 3 aromatic rings. The van der Waals surface area contributed by atoms with Crippen LogP contribution < -0.4 is 20.2 Å². The second-order valence-electron chi connectivity index (χ2n) is 6.67. The number of amides is 2. The smallest absolute Gasteiger partial charge is 0.277 e. The zero-order valence-corrected chi connectivity index (χ0v) is 17.1. The number of carbonyl (C=O) groups excluding carboxylic acids is 2. The molecule has 0 saturated carbocycles. The van der Waals surface area contributed by atoms with Gasteiger partial charge in [0.15, 0.2) is 13.2 Å². The minimum Gasteiger partial charge on any atom is -0.484 e. The van der Waals surface area contributed by atoms with Crippen LogP contribution in [0.2, 0.25) is 0 Å². The number of aryl methyl sites for hydroxylation is 1. The molecule has 7 nitrogen and oxygen atoms in total. The van der Waals surface area contributed by atoms with Crippen molar-refractivity contribution in [3.63, 3.8) is 0 Å². The first-order valence-corrected chi connectivity index (χ1v) is 9.67. The van der Waals surface area contributed by atoms with E-state index >= 15 is 0 Å². The van der Waals surface area contributed by atoms with Gasteiger partial charge in [0.05, 0.1) is 6.21 Å². The largest absolute Gasteiger partial charge is 0.484 e. The van der Waals surface area contributed by atoms with E-state index in [1.54, 1.807) is 36.4 Å². The van der Waals surface area contributed by atoms with Gasteiger partial charge in [0, 0.05) is 5.69 Å². The lowest BCUT2D eigenvalue weighted by Crippen LogP contribution is -2.24. The molecule has 0 unspecified atom stereocenters. The molecule has 0 spiro atoms. The van der Waals surface area contributed by atoms with E-state index in [-0.39, 0.29) is 25.0 Å². The average Bonchev–Trinajstić information content (AvgIpc) is 2.79. The second-order valence-corrected chi connectivity index (χ2v) is 6.67. The molecule has 31 heavy (non-hydrogen) atoms. The maximum absolute atomic E-state index is 12.0. The van der Waals surface area contributed by atoms with Gasteiger partial charge in [-0.2, -0.15) is 5.10 Å². The topological polar surface area (TPSA) is 89.0 Å². The van der Waals surface area contributed by atoms with Crippen molar-refractivity contribution >= 4 is 23.7 Å². The molecule has 2 amide bonds. The van der Waals surface area contributed by atoms with E-state index in [1.807, 2.05) is 49.4 Å². The van der Waals surface area contributed by atoms with E-state index in [4.69, 9.17) is 9.47 Å². The number of nitrogens with zero attached hydrogens (tertiary/aromatic N) is 1. The molecule has 0 fully saturated rings. The third-order valence-corrected chi connectivity index (χ3v) is 4.10. The quantitative estimate of drug-likeness (QED) is 0.412. The standard InChI is InChI=1S/C24H23N3O4/c1-18-7-11-20(12-8-18)26-23(28)16-30-22-13-9-19(10-14-22)15-25-27-24(29)17-31-21-5-3-2-4-6-21/h2-15H,16-17H2,1H3,(H,26,28)(H,27,29)/b25-15+. The fourth-order valence-corrected chi connectivity index (χ4v) is 2.51. The van der Waals surface area contributed by atoms with Gasteiger partial charge in [-0.05, 0) is 61.0 Å². The molecular weight excluding hydrogens is 394 g/mol. The summed E-state index contributed by atoms with van der Waals surface area (Å²) in [5.74, 6) is 0.566. The number of carbonyl (C=O) groups is 2. The van der Waals surface area contributed by atoms with Gasteiger partial charge in [-0.25, -0.2) is 5.43 Å². The molecule has 3 aromatic carbocycles. The highest BCUT2D eigenvalue weighted by atomic mass is 16.5. The SMILES string of the molecule is Cc1ccc(NC(=O)COc2ccc(/C=N/NC(=O)COc3ccccc3)cc2)cc1. The minimum absolute atomic E-state index is 0.0984. The molecule has 0 aliphatic heterocycles. The highest BCUT2D eigenvalue weighted by molar-refractivity contribution is 5.91. The first-order valence-electron chi connectivity index (χ1n) is 9.67. The molecule has 0 radical (unpaired) electrons. The summed E-state index contributed by atoms with van der Waals surface area (Å²) in [6, 6.07) is 23.6. The molecular formula is C24H23N3O4. The lowest BCUT2D eigenvalue weighted by Gasteiger charge is -2.08. The van der Waals surface area contributed by atoms with Gasteiger partial charge in [0.1, 0.15) is 11.5 Å². The number of hydrogen-bond donors (Lipinski definition) is 2. The highest BCUT2D eigenvalue weighted by Crippen LogP contribution is 2.12. The van der Waals surface area contributed by atoms with E-state index < -0.39 is 0 Å². The van der Waals surface area contributed by atoms with Crippen LogP contribution in [0.1, 0.15) is 11.1 Å². The Hall–Kier alpha value is -4.13. The molecule has 0 heterocycles. The summed E-state index contributed by atoms with van der Waals surface area (Å²) in [5, 5.41) is 6.68. The van der Waals surface area contributed by atoms with Crippen LogP contribution in [0, 0.1) is 6.92 Å². The van der Waals surface area contributed by atoms with Crippen LogP contribution in [0.15, 0.2) is 84.0 Å². The number of anilines is 1. The summed E-state index contributed by atoms with van der Waals surface area (Å²) < 4.78 is 10.8. The monoisotopic (exact) mass is 417 g/mol. The Morgan fingerprint density at radius 3 is 2.10 bits per heavy atom. The van der Waals surface area contributed by atoms with E-state index in [0.717, 1.165) is 16.8 Å². The predicted molar refractivity (Wildman–Crippen MR) is 119 cm³/mol. The van der Waals surface area contributed by atoms with Crippen LogP contribution in [0.5, 0.6) is 11.5 Å². The van der Waals surface area contributed by atoms with Crippen LogP contribution in [-0.2, 0) is 9.59 Å². The molecule has 0 saturated heterocycles. The summed E-state index contributed by atoms with van der Waals surface area (Å²) >= 11 is 0. The van der Waals surface area contributed by atoms with Crippen molar-refractivity contribution in [2.75, 3.05) is 18.5 Å². The Morgan fingerprint density at radius 1 is 0.806 bits per heavy atom. The molecule has 0 aliphatic carbocycles. The Labute approximate surface area is 180 Å². The van der Waals surface area contributed by atoms with Crippen LogP contribution in [0.3, 0.4) is 0 Å². The van der Waals surface area contributed by atoms with Crippen molar-refractivity contribution in [1.29, 1.82) is 0 Å². The normalized spacial score (nSPS) is 10.5. The summed E-state index contributed by atoms with van der Waals surface area (Å²) in [6.07, 6.45) is 1.51. The molecule has 0 aliphatic rings. The third kappa shape index (κ3) is 7.66. The van der Waals surface area contributed by atoms with Gasteiger partial charge < -0.3 is 14.8 Å². The Bertz CT molecular complexity index is 1020. The van der Waals surface area contributed by atoms with E-state index in [0.29, 0.717) is 11.5 Å². The number of ether oxygens (including phenoxy) is 2. The van der Waals surface area contributed by atoms with Gasteiger partial charge in [0.2, 0.25) is 0 Å². The first kappa shape index (κ1) is 21.6. The number of para-hydroxylation sites is 1. The lowest BCUT2D eigenvalue weighted by molar-refractivity contribution is -0.123. The summed E-state index contributed by atoms with van der Waals surface area (Å²) in [5.41, 5.74) is 5.02. The van der Waals surface area contributed by atoms with E-state index in [1.165, 1.54) is 6.21 Å². The lowest BCUT2D eigenvalue weighted by atomic mass is 10.2. The summed E-state index contributed by atoms with van der Waals surface area (Å²) in [6.45, 7) is 1.76. The van der Waals surface area contributed by atoms with Gasteiger partial charge >= 0.3 is 0 Å². The van der Waals surface area contributed by atoms with Crippen LogP contribution in [0.4, 0.5) is 5.69 Å². The van der Waals surface area contributed by atoms with Crippen molar-refractivity contribution in [2.24, 2.45) is 5.10 Å². The predicted octanol–water partition coefficient (Wildman–Crippen LogP) is 3.54. The highest BCUT2D eigenvalue weighted by Gasteiger charge is 2.04. The van der Waals surface area contributed by atoms with Crippen molar-refractivity contribution < 1.29 is 19.1 Å². The van der Waals surface area contributed by atoms with E-state index in [9.17, 15) is 9.59 Å². The third-order valence-electron chi connectivity index (χ3n) is 4.10. The molecule has 3 rings (SSSR count). The van der Waals surface area contributed by atoms with Crippen molar-refractivity contribution in [1.82, 2.24) is 5.43 Å². The zero-order valence-electron chi connectivity index (χ0n) is 17.1. The van der Waals surface area contributed by atoms with E-state index in [2.05, 4.69) is 15.8 Å². The maximum Gasteiger partial charge on any atom is 0.277 e. The summed E-state index contributed by atoms with van der Waals surface area (Å²) in [7, 11) is 0. The molecule has 0 bridgehead atoms. The average molecular weight is 417 g/mol. The summed E-state index contributed by atoms with van der Waals surface area (Å²) in [4.78, 5) is 23.7. The van der Waals surface area contributed by atoms with Gasteiger partial charge in [-0.1, -0.05) is 35.9 Å². The first-order chi connectivity index (χ1) is 15.1. The maximum atomic E-state index is 12.0. The fourth-order valence-electron chi connectivity index (χ4n) is 2.51. The number of hydrazone groups is 1. The number of hydrogen-bond acceptors (Lipinski definition) is 5. The second kappa shape index (κ2) is 11.2. The van der Waals surface area contributed by atoms with Crippen molar-refractivity contribution in [3.05, 3.63) is 90.0 Å². The number of benzene rings is 3. The Balaban J connectivity index is 1.38. The van der Waals surface area contributed by atoms with Gasteiger partial charge in [-0.15, -0.1) is 0 Å². The molecule has 0 atom stereocenters. The number of nitrogens with one attached hydrogen (secondary N) is 2. The Kier molecular flexibility index (Phi) is 7.77. The molecule has 0 aromatic heterocycles.